The predicted molar refractivity (Wildman–Crippen MR) is 132 cm³/mol. The van der Waals surface area contributed by atoms with Crippen molar-refractivity contribution in [3.63, 3.8) is 0 Å². The first-order valence-electron chi connectivity index (χ1n) is 10.8. The topological polar surface area (TPSA) is 51.0 Å². The van der Waals surface area contributed by atoms with Crippen LogP contribution in [-0.2, 0) is 6.54 Å². The van der Waals surface area contributed by atoms with Crippen LogP contribution in [0, 0.1) is 5.82 Å². The molecule has 0 aliphatic carbocycles. The Morgan fingerprint density at radius 1 is 1.00 bits per heavy atom. The highest BCUT2D eigenvalue weighted by Crippen LogP contribution is 2.22. The smallest absolute Gasteiger partial charge is 0.266 e. The Morgan fingerprint density at radius 3 is 2.55 bits per heavy atom. The molecule has 4 aromatic rings. The van der Waals surface area contributed by atoms with E-state index in [2.05, 4.69) is 23.7 Å². The Bertz CT molecular complexity index is 1380. The van der Waals surface area contributed by atoms with Crippen LogP contribution in [0.1, 0.15) is 31.1 Å². The summed E-state index contributed by atoms with van der Waals surface area (Å²) in [5, 5.41) is 0.581. The fraction of sp³-hybridized carbons (Fsp3) is 0.192. The van der Waals surface area contributed by atoms with Gasteiger partial charge in [0.2, 0.25) is 0 Å². The van der Waals surface area contributed by atoms with E-state index in [0.29, 0.717) is 22.1 Å². The molecule has 0 bridgehead atoms. The summed E-state index contributed by atoms with van der Waals surface area (Å²) in [4.78, 5) is 25.0. The molecule has 2 aromatic carbocycles. The Hall–Kier alpha value is -3.35. The quantitative estimate of drug-likeness (QED) is 0.359. The fourth-order valence-electron chi connectivity index (χ4n) is 3.67. The third-order valence-electron chi connectivity index (χ3n) is 5.46. The van der Waals surface area contributed by atoms with Crippen LogP contribution in [0.5, 0.6) is 0 Å². The molecule has 0 atom stereocenters. The molecule has 33 heavy (non-hydrogen) atoms. The molecule has 0 amide bonds. The minimum atomic E-state index is -0.496. The molecular weight excluding hydrogens is 439 g/mol. The van der Waals surface area contributed by atoms with E-state index in [1.165, 1.54) is 22.8 Å². The highest BCUT2D eigenvalue weighted by atomic mass is 35.5. The van der Waals surface area contributed by atoms with Crippen LogP contribution >= 0.6 is 11.6 Å². The number of para-hydroxylation sites is 1. The summed E-state index contributed by atoms with van der Waals surface area (Å²) in [6, 6.07) is 16.9. The van der Waals surface area contributed by atoms with E-state index in [4.69, 9.17) is 16.6 Å². The maximum Gasteiger partial charge on any atom is 0.266 e. The SMILES string of the molecule is CCN(CC)Cc1cccc(/C=C/c2nc3ccc(F)cc3c(=O)n2-c2ccccc2Cl)n1. The van der Waals surface area contributed by atoms with Gasteiger partial charge < -0.3 is 0 Å². The highest BCUT2D eigenvalue weighted by molar-refractivity contribution is 6.32. The zero-order chi connectivity index (χ0) is 23.4. The summed E-state index contributed by atoms with van der Waals surface area (Å²) in [7, 11) is 0. The number of benzene rings is 2. The Kier molecular flexibility index (Phi) is 6.96. The molecule has 0 fully saturated rings. The van der Waals surface area contributed by atoms with Gasteiger partial charge >= 0.3 is 0 Å². The normalized spacial score (nSPS) is 11.7. The van der Waals surface area contributed by atoms with E-state index in [9.17, 15) is 9.18 Å². The van der Waals surface area contributed by atoms with Crippen molar-refractivity contribution >= 4 is 34.7 Å². The van der Waals surface area contributed by atoms with Gasteiger partial charge in [0.05, 0.1) is 33.0 Å². The first-order valence-corrected chi connectivity index (χ1v) is 11.2. The molecule has 0 radical (unpaired) electrons. The second-order valence-corrected chi connectivity index (χ2v) is 7.98. The monoisotopic (exact) mass is 462 g/mol. The second-order valence-electron chi connectivity index (χ2n) is 7.57. The van der Waals surface area contributed by atoms with Gasteiger partial charge in [-0.25, -0.2) is 9.37 Å². The zero-order valence-corrected chi connectivity index (χ0v) is 19.3. The van der Waals surface area contributed by atoms with Crippen LogP contribution in [0.25, 0.3) is 28.7 Å². The van der Waals surface area contributed by atoms with E-state index in [1.807, 2.05) is 24.3 Å². The predicted octanol–water partition coefficient (Wildman–Crippen LogP) is 5.59. The average molecular weight is 463 g/mol. The molecule has 0 spiro atoms. The maximum atomic E-state index is 13.9. The van der Waals surface area contributed by atoms with Gasteiger partial charge in [0, 0.05) is 6.54 Å². The van der Waals surface area contributed by atoms with Crippen LogP contribution in [-0.4, -0.2) is 32.5 Å². The van der Waals surface area contributed by atoms with Crippen LogP contribution in [0.4, 0.5) is 4.39 Å². The van der Waals surface area contributed by atoms with Gasteiger partial charge in [-0.15, -0.1) is 0 Å². The minimum absolute atomic E-state index is 0.186. The summed E-state index contributed by atoms with van der Waals surface area (Å²) >= 11 is 6.40. The summed E-state index contributed by atoms with van der Waals surface area (Å²) in [5.41, 5.74) is 2.21. The Labute approximate surface area is 196 Å². The molecule has 0 aliphatic heterocycles. The molecule has 7 heteroatoms. The number of aromatic nitrogens is 3. The zero-order valence-electron chi connectivity index (χ0n) is 18.5. The molecule has 0 N–H and O–H groups in total. The number of fused-ring (bicyclic) bond motifs is 1. The molecule has 0 saturated carbocycles. The molecule has 4 rings (SSSR count). The van der Waals surface area contributed by atoms with Crippen molar-refractivity contribution in [2.45, 2.75) is 20.4 Å². The molecule has 0 aliphatic rings. The fourth-order valence-corrected chi connectivity index (χ4v) is 3.89. The lowest BCUT2D eigenvalue weighted by Crippen LogP contribution is -2.23. The maximum absolute atomic E-state index is 13.9. The Balaban J connectivity index is 1.82. The average Bonchev–Trinajstić information content (AvgIpc) is 2.83. The van der Waals surface area contributed by atoms with Gasteiger partial charge in [-0.1, -0.05) is 43.6 Å². The number of hydrogen-bond acceptors (Lipinski definition) is 4. The number of hydrogen-bond donors (Lipinski definition) is 0. The summed E-state index contributed by atoms with van der Waals surface area (Å²) in [6.07, 6.45) is 3.55. The number of pyridine rings is 1. The summed E-state index contributed by atoms with van der Waals surface area (Å²) < 4.78 is 15.3. The highest BCUT2D eigenvalue weighted by Gasteiger charge is 2.14. The van der Waals surface area contributed by atoms with Gasteiger partial charge in [0.1, 0.15) is 11.6 Å². The molecule has 0 unspecified atom stereocenters. The van der Waals surface area contributed by atoms with Crippen LogP contribution < -0.4 is 5.56 Å². The van der Waals surface area contributed by atoms with Crippen LogP contribution in [0.15, 0.2) is 65.5 Å². The molecular formula is C26H24ClFN4O. The van der Waals surface area contributed by atoms with E-state index in [1.54, 1.807) is 30.3 Å². The third kappa shape index (κ3) is 5.02. The van der Waals surface area contributed by atoms with E-state index >= 15 is 0 Å². The van der Waals surface area contributed by atoms with Gasteiger partial charge in [0.25, 0.3) is 5.56 Å². The van der Waals surface area contributed by atoms with Crippen LogP contribution in [0.2, 0.25) is 5.02 Å². The van der Waals surface area contributed by atoms with E-state index < -0.39 is 11.4 Å². The largest absolute Gasteiger partial charge is 0.298 e. The van der Waals surface area contributed by atoms with Gasteiger partial charge in [0.15, 0.2) is 0 Å². The van der Waals surface area contributed by atoms with Crippen molar-refractivity contribution < 1.29 is 4.39 Å². The Morgan fingerprint density at radius 2 is 1.79 bits per heavy atom. The molecule has 168 valence electrons. The lowest BCUT2D eigenvalue weighted by molar-refractivity contribution is 0.292. The lowest BCUT2D eigenvalue weighted by atomic mass is 10.2. The van der Waals surface area contributed by atoms with Crippen molar-refractivity contribution in [2.24, 2.45) is 0 Å². The van der Waals surface area contributed by atoms with Gasteiger partial charge in [-0.3, -0.25) is 19.2 Å². The van der Waals surface area contributed by atoms with E-state index in [0.717, 1.165) is 31.0 Å². The van der Waals surface area contributed by atoms with Gasteiger partial charge in [-0.05, 0) is 67.7 Å². The van der Waals surface area contributed by atoms with Gasteiger partial charge in [-0.2, -0.15) is 0 Å². The van der Waals surface area contributed by atoms with Crippen molar-refractivity contribution in [1.82, 2.24) is 19.4 Å². The lowest BCUT2D eigenvalue weighted by Gasteiger charge is -2.17. The standard InChI is InChI=1S/C26H24ClFN4O/c1-3-31(4-2)17-20-9-7-8-19(29-20)13-15-25-30-23-14-12-18(28)16-21(23)26(33)32(25)24-11-6-5-10-22(24)27/h5-16H,3-4,17H2,1-2H3/b15-13+. The first kappa shape index (κ1) is 22.8. The van der Waals surface area contributed by atoms with Crippen LogP contribution in [0.3, 0.4) is 0 Å². The minimum Gasteiger partial charge on any atom is -0.298 e. The molecule has 2 aromatic heterocycles. The van der Waals surface area contributed by atoms with Crippen molar-refractivity contribution in [2.75, 3.05) is 13.1 Å². The van der Waals surface area contributed by atoms with Crippen molar-refractivity contribution in [3.8, 4) is 5.69 Å². The number of halogens is 2. The summed E-state index contributed by atoms with van der Waals surface area (Å²) in [5.74, 6) is -0.118. The van der Waals surface area contributed by atoms with E-state index in [-0.39, 0.29) is 5.39 Å². The number of nitrogens with zero attached hydrogens (tertiary/aromatic N) is 4. The molecule has 0 saturated heterocycles. The van der Waals surface area contributed by atoms with Crippen molar-refractivity contribution in [1.29, 1.82) is 0 Å². The second kappa shape index (κ2) is 10.1. The summed E-state index contributed by atoms with van der Waals surface area (Å²) in [6.45, 7) is 6.91. The van der Waals surface area contributed by atoms with Crippen molar-refractivity contribution in [3.05, 3.63) is 99.1 Å². The molecule has 2 heterocycles. The first-order chi connectivity index (χ1) is 16.0. The molecule has 5 nitrogen and oxygen atoms in total. The third-order valence-corrected chi connectivity index (χ3v) is 5.78. The number of rotatable bonds is 7.